The van der Waals surface area contributed by atoms with Crippen molar-refractivity contribution < 1.29 is 0 Å². The van der Waals surface area contributed by atoms with Crippen molar-refractivity contribution in [2.75, 3.05) is 0 Å². The van der Waals surface area contributed by atoms with E-state index in [9.17, 15) is 0 Å². The molecular weight excluding hydrogens is 408 g/mol. The number of benzene rings is 1. The molecule has 0 unspecified atom stereocenters. The summed E-state index contributed by atoms with van der Waals surface area (Å²) in [6, 6.07) is 9.19. The number of unbranched alkanes of at least 4 members (excludes halogenated alkanes) is 1. The fraction of sp³-hybridized carbons (Fsp3) is 0.706. The summed E-state index contributed by atoms with van der Waals surface area (Å²) in [5.74, 6) is 12.3. The second-order valence-corrected chi connectivity index (χ2v) is 12.0. The van der Waals surface area contributed by atoms with E-state index in [1.165, 1.54) is 108 Å². The number of rotatable bonds is 7. The fourth-order valence-electron chi connectivity index (χ4n) is 7.30. The van der Waals surface area contributed by atoms with Gasteiger partial charge in [0.1, 0.15) is 0 Å². The first kappa shape index (κ1) is 25.6. The van der Waals surface area contributed by atoms with Gasteiger partial charge in [-0.1, -0.05) is 82.4 Å². The molecule has 0 amide bonds. The van der Waals surface area contributed by atoms with Gasteiger partial charge in [0.15, 0.2) is 0 Å². The van der Waals surface area contributed by atoms with E-state index in [4.69, 9.17) is 0 Å². The van der Waals surface area contributed by atoms with E-state index in [0.717, 1.165) is 41.1 Å². The van der Waals surface area contributed by atoms with Gasteiger partial charge in [0.2, 0.25) is 0 Å². The third-order valence-electron chi connectivity index (χ3n) is 9.81. The van der Waals surface area contributed by atoms with Gasteiger partial charge in [0.25, 0.3) is 0 Å². The predicted molar refractivity (Wildman–Crippen MR) is 148 cm³/mol. The minimum atomic E-state index is 0.757. The lowest BCUT2D eigenvalue weighted by molar-refractivity contribution is 0.154. The van der Waals surface area contributed by atoms with Crippen molar-refractivity contribution >= 4 is 0 Å². The molecule has 0 nitrogen and oxygen atoms in total. The number of hydrogen-bond acceptors (Lipinski definition) is 0. The van der Waals surface area contributed by atoms with Gasteiger partial charge in [0.05, 0.1) is 0 Å². The molecule has 3 aliphatic carbocycles. The summed E-state index contributed by atoms with van der Waals surface area (Å²) in [6.07, 6.45) is 27.4. The van der Waals surface area contributed by atoms with Crippen LogP contribution in [0, 0.1) is 41.4 Å². The maximum absolute atomic E-state index is 3.38. The highest BCUT2D eigenvalue weighted by Gasteiger charge is 2.29. The average molecular weight is 459 g/mol. The molecule has 3 saturated carbocycles. The molecule has 186 valence electrons. The predicted octanol–water partition coefficient (Wildman–Crippen LogP) is 10.1. The van der Waals surface area contributed by atoms with Crippen LogP contribution in [0.3, 0.4) is 0 Å². The Morgan fingerprint density at radius 3 is 1.97 bits per heavy atom. The zero-order chi connectivity index (χ0) is 23.6. The summed E-state index contributed by atoms with van der Waals surface area (Å²) in [6.45, 7) is 4.69. The van der Waals surface area contributed by atoms with E-state index in [-0.39, 0.29) is 0 Å². The Morgan fingerprint density at radius 2 is 1.35 bits per heavy atom. The molecule has 3 fully saturated rings. The van der Waals surface area contributed by atoms with Gasteiger partial charge in [-0.3, -0.25) is 0 Å². The number of hydrogen-bond donors (Lipinski definition) is 0. The lowest BCUT2D eigenvalue weighted by atomic mass is 9.69. The maximum Gasteiger partial charge on any atom is 0.0249 e. The molecule has 0 aromatic heterocycles. The summed E-state index contributed by atoms with van der Waals surface area (Å²) in [7, 11) is 0. The molecule has 0 saturated heterocycles. The van der Waals surface area contributed by atoms with E-state index in [0.29, 0.717) is 0 Å². The van der Waals surface area contributed by atoms with Crippen molar-refractivity contribution in [2.45, 2.75) is 122 Å². The van der Waals surface area contributed by atoms with E-state index < -0.39 is 0 Å². The molecule has 0 bridgehead atoms. The Kier molecular flexibility index (Phi) is 10.2. The first-order valence-corrected chi connectivity index (χ1v) is 15.0. The molecule has 0 N–H and O–H groups in total. The molecule has 4 rings (SSSR count). The maximum atomic E-state index is 3.38. The monoisotopic (exact) mass is 458 g/mol. The summed E-state index contributed by atoms with van der Waals surface area (Å²) in [5.41, 5.74) is 2.70. The highest BCUT2D eigenvalue weighted by Crippen LogP contribution is 2.42. The molecule has 0 heteroatoms. The van der Waals surface area contributed by atoms with Gasteiger partial charge in [0, 0.05) is 5.56 Å². The van der Waals surface area contributed by atoms with Gasteiger partial charge >= 0.3 is 0 Å². The van der Waals surface area contributed by atoms with Crippen LogP contribution in [0.4, 0.5) is 0 Å². The van der Waals surface area contributed by atoms with E-state index in [2.05, 4.69) is 62.1 Å². The molecule has 0 radical (unpaired) electrons. The van der Waals surface area contributed by atoms with Crippen LogP contribution < -0.4 is 0 Å². The van der Waals surface area contributed by atoms with Crippen LogP contribution in [0.5, 0.6) is 0 Å². The second kappa shape index (κ2) is 13.6. The van der Waals surface area contributed by atoms with Crippen LogP contribution in [0.15, 0.2) is 36.4 Å². The average Bonchev–Trinajstić information content (AvgIpc) is 2.91. The van der Waals surface area contributed by atoms with Crippen LogP contribution in [0.25, 0.3) is 0 Å². The van der Waals surface area contributed by atoms with Crippen molar-refractivity contribution in [1.82, 2.24) is 0 Å². The summed E-state index contributed by atoms with van der Waals surface area (Å²) < 4.78 is 0. The van der Waals surface area contributed by atoms with Crippen LogP contribution in [-0.2, 0) is 0 Å². The standard InChI is InChI=1S/C34H50/c1-3-5-8-28-13-21-33(22-14-28)34-25-17-30(18-26-34)10-7-6-9-29-15-23-32(24-16-29)31-19-11-27(4-2)12-20-31/h6,9,17-18,25-29,31-33H,3-5,8,11-16,19-24H2,1-2H3. The lowest BCUT2D eigenvalue weighted by Crippen LogP contribution is -2.25. The van der Waals surface area contributed by atoms with E-state index in [1.807, 2.05) is 0 Å². The fourth-order valence-corrected chi connectivity index (χ4v) is 7.30. The summed E-state index contributed by atoms with van der Waals surface area (Å²) in [5, 5.41) is 0. The smallest absolute Gasteiger partial charge is 0.0249 e. The third kappa shape index (κ3) is 7.51. The minimum absolute atomic E-state index is 0.757. The number of allylic oxidation sites excluding steroid dienone is 2. The zero-order valence-corrected chi connectivity index (χ0v) is 22.2. The molecule has 3 aliphatic rings. The van der Waals surface area contributed by atoms with Crippen molar-refractivity contribution in [3.63, 3.8) is 0 Å². The molecule has 0 aliphatic heterocycles. The van der Waals surface area contributed by atoms with Gasteiger partial charge in [-0.05, 0) is 123 Å². The molecule has 1 aromatic carbocycles. The molecule has 1 aromatic rings. The highest BCUT2D eigenvalue weighted by atomic mass is 14.3. The van der Waals surface area contributed by atoms with Crippen molar-refractivity contribution in [3.05, 3.63) is 47.5 Å². The van der Waals surface area contributed by atoms with Crippen LogP contribution in [-0.4, -0.2) is 0 Å². The SMILES string of the molecule is CCCCC1CCC(c2ccc(C#CC=CC3CCC(C4CCC(CC)CC4)CC3)cc2)CC1. The van der Waals surface area contributed by atoms with Crippen LogP contribution >= 0.6 is 0 Å². The summed E-state index contributed by atoms with van der Waals surface area (Å²) >= 11 is 0. The Hall–Kier alpha value is -1.48. The second-order valence-electron chi connectivity index (χ2n) is 12.0. The molecule has 0 heterocycles. The normalized spacial score (nSPS) is 32.3. The summed E-state index contributed by atoms with van der Waals surface area (Å²) in [4.78, 5) is 0. The first-order chi connectivity index (χ1) is 16.7. The highest BCUT2D eigenvalue weighted by molar-refractivity contribution is 5.39. The Balaban J connectivity index is 1.17. The Morgan fingerprint density at radius 1 is 0.735 bits per heavy atom. The van der Waals surface area contributed by atoms with E-state index in [1.54, 1.807) is 0 Å². The quantitative estimate of drug-likeness (QED) is 0.356. The van der Waals surface area contributed by atoms with Gasteiger partial charge in [-0.25, -0.2) is 0 Å². The minimum Gasteiger partial charge on any atom is -0.0730 e. The van der Waals surface area contributed by atoms with Crippen molar-refractivity contribution in [3.8, 4) is 11.8 Å². The largest absolute Gasteiger partial charge is 0.0730 e. The van der Waals surface area contributed by atoms with Gasteiger partial charge in [-0.2, -0.15) is 0 Å². The Bertz CT molecular complexity index is 779. The molecule has 0 atom stereocenters. The molecule has 0 spiro atoms. The van der Waals surface area contributed by atoms with Crippen LogP contribution in [0.1, 0.15) is 134 Å². The topological polar surface area (TPSA) is 0 Å². The first-order valence-electron chi connectivity index (χ1n) is 15.0. The van der Waals surface area contributed by atoms with Gasteiger partial charge in [-0.15, -0.1) is 0 Å². The van der Waals surface area contributed by atoms with Crippen molar-refractivity contribution in [1.29, 1.82) is 0 Å². The van der Waals surface area contributed by atoms with Crippen molar-refractivity contribution in [2.24, 2.45) is 29.6 Å². The Labute approximate surface area is 211 Å². The van der Waals surface area contributed by atoms with Gasteiger partial charge < -0.3 is 0 Å². The lowest BCUT2D eigenvalue weighted by Gasteiger charge is -2.37. The zero-order valence-electron chi connectivity index (χ0n) is 22.2. The van der Waals surface area contributed by atoms with E-state index >= 15 is 0 Å². The molecular formula is C34H50. The van der Waals surface area contributed by atoms with Crippen LogP contribution in [0.2, 0.25) is 0 Å². The molecule has 34 heavy (non-hydrogen) atoms. The third-order valence-corrected chi connectivity index (χ3v) is 9.81.